The van der Waals surface area contributed by atoms with Gasteiger partial charge in [0.1, 0.15) is 16.7 Å². The van der Waals surface area contributed by atoms with E-state index >= 15 is 0 Å². The van der Waals surface area contributed by atoms with E-state index in [-0.39, 0.29) is 11.7 Å². The van der Waals surface area contributed by atoms with E-state index < -0.39 is 17.5 Å². The van der Waals surface area contributed by atoms with E-state index in [0.717, 1.165) is 5.56 Å². The van der Waals surface area contributed by atoms with Crippen molar-refractivity contribution < 1.29 is 4.79 Å². The highest BCUT2D eigenvalue weighted by Gasteiger charge is 2.25. The van der Waals surface area contributed by atoms with Crippen molar-refractivity contribution in [1.82, 2.24) is 15.6 Å². The van der Waals surface area contributed by atoms with Crippen LogP contribution in [0.4, 0.5) is 0 Å². The van der Waals surface area contributed by atoms with Crippen molar-refractivity contribution in [3.05, 3.63) is 69.3 Å². The highest BCUT2D eigenvalue weighted by Crippen LogP contribution is 2.15. The molecule has 2 rings (SSSR count). The summed E-state index contributed by atoms with van der Waals surface area (Å²) in [7, 11) is 0. The monoisotopic (exact) mass is 381 g/mol. The number of alkyl halides is 1. The Balaban J connectivity index is 2.10. The van der Waals surface area contributed by atoms with Gasteiger partial charge in [-0.3, -0.25) is 10.6 Å². The Kier molecular flexibility index (Phi) is 7.12. The molecule has 10 heteroatoms. The van der Waals surface area contributed by atoms with Crippen molar-refractivity contribution in [3.8, 4) is 0 Å². The molecule has 1 aromatic rings. The minimum absolute atomic E-state index is 0.119. The topological polar surface area (TPSA) is 119 Å². The number of nitrogens with one attached hydrogen (secondary N) is 2. The van der Waals surface area contributed by atoms with Gasteiger partial charge < -0.3 is 10.6 Å². The van der Waals surface area contributed by atoms with Gasteiger partial charge in [0.05, 0.1) is 12.2 Å². The minimum Gasteiger partial charge on any atom is -0.355 e. The molecule has 0 saturated heterocycles. The number of benzene rings is 1. The molecule has 8 nitrogen and oxygen atoms in total. The van der Waals surface area contributed by atoms with Gasteiger partial charge in [-0.05, 0) is 23.2 Å². The molecule has 25 heavy (non-hydrogen) atoms. The van der Waals surface area contributed by atoms with E-state index in [4.69, 9.17) is 34.6 Å². The first-order chi connectivity index (χ1) is 12.0. The van der Waals surface area contributed by atoms with Gasteiger partial charge in [0.15, 0.2) is 0 Å². The molecule has 1 unspecified atom stereocenters. The predicted molar refractivity (Wildman–Crippen MR) is 96.9 cm³/mol. The number of hydrogen-bond acceptors (Lipinski definition) is 5. The maximum absolute atomic E-state index is 12.6. The molecule has 1 heterocycles. The normalized spacial score (nSPS) is 17.7. The fourth-order valence-electron chi connectivity index (χ4n) is 2.17. The second-order valence-corrected chi connectivity index (χ2v) is 6.06. The summed E-state index contributed by atoms with van der Waals surface area (Å²) >= 11 is 11.9. The number of hydrazine groups is 1. The summed E-state index contributed by atoms with van der Waals surface area (Å²) in [4.78, 5) is 15.3. The van der Waals surface area contributed by atoms with Crippen LogP contribution in [0, 0.1) is 0 Å². The molecule has 132 valence electrons. The molecular formula is C15H17Cl2N7O. The van der Waals surface area contributed by atoms with Gasteiger partial charge in [-0.15, -0.1) is 0 Å². The molecule has 1 aliphatic rings. The van der Waals surface area contributed by atoms with E-state index in [9.17, 15) is 4.79 Å². The van der Waals surface area contributed by atoms with Crippen molar-refractivity contribution >= 4 is 29.1 Å². The lowest BCUT2D eigenvalue weighted by molar-refractivity contribution is -0.125. The molecule has 0 aromatic heterocycles. The largest absolute Gasteiger partial charge is 0.355 e. The number of dihydropyridines is 1. The SMILES string of the molecule is [N-]=[N+]=NC[C@H](C(=O)NC1=C(Cl)NC(Cl)C=C1)N(N)Cc1ccccc1. The summed E-state index contributed by atoms with van der Waals surface area (Å²) in [6.07, 6.45) is 3.23. The van der Waals surface area contributed by atoms with Gasteiger partial charge in [0, 0.05) is 11.5 Å². The number of azide groups is 1. The lowest BCUT2D eigenvalue weighted by Crippen LogP contribution is -2.51. The fraction of sp³-hybridized carbons (Fsp3) is 0.267. The number of carbonyl (C=O) groups is 1. The van der Waals surface area contributed by atoms with Crippen LogP contribution < -0.4 is 16.5 Å². The second-order valence-electron chi connectivity index (χ2n) is 5.21. The van der Waals surface area contributed by atoms with E-state index in [1.807, 2.05) is 30.3 Å². The third-order valence-corrected chi connectivity index (χ3v) is 3.99. The molecule has 1 aliphatic heterocycles. The van der Waals surface area contributed by atoms with Crippen LogP contribution in [-0.2, 0) is 11.3 Å². The molecular weight excluding hydrogens is 365 g/mol. The molecule has 0 spiro atoms. The maximum Gasteiger partial charge on any atom is 0.243 e. The quantitative estimate of drug-likeness (QED) is 0.127. The molecule has 0 bridgehead atoms. The number of nitrogens with zero attached hydrogens (tertiary/aromatic N) is 4. The molecule has 0 fully saturated rings. The number of allylic oxidation sites excluding steroid dienone is 1. The highest BCUT2D eigenvalue weighted by molar-refractivity contribution is 6.31. The van der Waals surface area contributed by atoms with Crippen LogP contribution in [0.3, 0.4) is 0 Å². The Labute approximate surface area is 154 Å². The summed E-state index contributed by atoms with van der Waals surface area (Å²) in [6, 6.07) is 8.53. The third kappa shape index (κ3) is 5.67. The lowest BCUT2D eigenvalue weighted by atomic mass is 10.2. The molecule has 0 saturated carbocycles. The number of halogens is 2. The van der Waals surface area contributed by atoms with Crippen LogP contribution in [-0.4, -0.2) is 29.0 Å². The lowest BCUT2D eigenvalue weighted by Gasteiger charge is -2.26. The molecule has 4 N–H and O–H groups in total. The average molecular weight is 382 g/mol. The van der Waals surface area contributed by atoms with E-state index in [1.165, 1.54) is 5.01 Å². The van der Waals surface area contributed by atoms with Gasteiger partial charge in [-0.2, -0.15) is 0 Å². The Bertz CT molecular complexity index is 716. The van der Waals surface area contributed by atoms with E-state index in [1.54, 1.807) is 12.2 Å². The van der Waals surface area contributed by atoms with Crippen LogP contribution in [0.25, 0.3) is 10.4 Å². The zero-order valence-corrected chi connectivity index (χ0v) is 14.7. The van der Waals surface area contributed by atoms with Crippen molar-refractivity contribution in [2.24, 2.45) is 11.0 Å². The Morgan fingerprint density at radius 1 is 1.48 bits per heavy atom. The molecule has 0 radical (unpaired) electrons. The van der Waals surface area contributed by atoms with Gasteiger partial charge in [-0.25, -0.2) is 5.01 Å². The Morgan fingerprint density at radius 3 is 2.84 bits per heavy atom. The first kappa shape index (κ1) is 19.1. The maximum atomic E-state index is 12.6. The van der Waals surface area contributed by atoms with Crippen LogP contribution in [0.5, 0.6) is 0 Å². The van der Waals surface area contributed by atoms with Gasteiger partial charge in [0.2, 0.25) is 5.91 Å². The molecule has 1 amide bonds. The van der Waals surface area contributed by atoms with Crippen molar-refractivity contribution in [3.63, 3.8) is 0 Å². The highest BCUT2D eigenvalue weighted by atomic mass is 35.5. The van der Waals surface area contributed by atoms with Crippen LogP contribution in [0.2, 0.25) is 0 Å². The smallest absolute Gasteiger partial charge is 0.243 e. The summed E-state index contributed by atoms with van der Waals surface area (Å²) < 4.78 is 0. The molecule has 2 atom stereocenters. The van der Waals surface area contributed by atoms with Crippen LogP contribution in [0.1, 0.15) is 5.56 Å². The summed E-state index contributed by atoms with van der Waals surface area (Å²) in [6.45, 7) is 0.191. The van der Waals surface area contributed by atoms with E-state index in [0.29, 0.717) is 12.2 Å². The van der Waals surface area contributed by atoms with E-state index in [2.05, 4.69) is 20.7 Å². The van der Waals surface area contributed by atoms with Crippen LogP contribution >= 0.6 is 23.2 Å². The predicted octanol–water partition coefficient (Wildman–Crippen LogP) is 2.29. The minimum atomic E-state index is -0.866. The summed E-state index contributed by atoms with van der Waals surface area (Å²) in [5.74, 6) is 5.59. The number of nitrogens with two attached hydrogens (primary N) is 1. The standard InChI is InChI=1S/C15H17Cl2N7O/c16-13-7-6-11(14(17)22-13)21-15(25)12(8-20-23-18)24(19)9-10-4-2-1-3-5-10/h1-7,12-13,22H,8-9,19H2,(H,21,25)/t12-,13?/m1/s1. The van der Waals surface area contributed by atoms with Gasteiger partial charge in [-0.1, -0.05) is 58.6 Å². The van der Waals surface area contributed by atoms with Gasteiger partial charge >= 0.3 is 0 Å². The Hall–Kier alpha value is -2.22. The Morgan fingerprint density at radius 2 is 2.20 bits per heavy atom. The van der Waals surface area contributed by atoms with Crippen molar-refractivity contribution in [1.29, 1.82) is 0 Å². The first-order valence-electron chi connectivity index (χ1n) is 7.37. The fourth-order valence-corrected chi connectivity index (χ4v) is 2.64. The number of rotatable bonds is 7. The van der Waals surface area contributed by atoms with Crippen LogP contribution in [0.15, 0.2) is 58.5 Å². The average Bonchev–Trinajstić information content (AvgIpc) is 2.58. The first-order valence-corrected chi connectivity index (χ1v) is 8.18. The summed E-state index contributed by atoms with van der Waals surface area (Å²) in [5, 5.41) is 10.4. The zero-order chi connectivity index (χ0) is 18.2. The van der Waals surface area contributed by atoms with Crippen molar-refractivity contribution in [2.45, 2.75) is 18.1 Å². The number of amides is 1. The summed E-state index contributed by atoms with van der Waals surface area (Å²) in [5.41, 5.74) is 9.40. The molecule has 1 aromatic carbocycles. The second kappa shape index (κ2) is 9.31. The van der Waals surface area contributed by atoms with Crippen molar-refractivity contribution in [2.75, 3.05) is 6.54 Å². The third-order valence-electron chi connectivity index (χ3n) is 3.42. The zero-order valence-electron chi connectivity index (χ0n) is 13.1. The number of hydrogen-bond donors (Lipinski definition) is 3. The molecule has 0 aliphatic carbocycles. The number of carbonyl (C=O) groups excluding carboxylic acids is 1. The van der Waals surface area contributed by atoms with Gasteiger partial charge in [0.25, 0.3) is 0 Å².